The van der Waals surface area contributed by atoms with Gasteiger partial charge in [-0.05, 0) is 55.0 Å². The third kappa shape index (κ3) is 6.97. The summed E-state index contributed by atoms with van der Waals surface area (Å²) in [5, 5.41) is -0.0939. The second-order valence-corrected chi connectivity index (χ2v) is 8.07. The van der Waals surface area contributed by atoms with Crippen molar-refractivity contribution >= 4 is 23.1 Å². The van der Waals surface area contributed by atoms with E-state index in [1.165, 1.54) is 6.07 Å². The van der Waals surface area contributed by atoms with Gasteiger partial charge < -0.3 is 4.74 Å². The molecule has 8 heteroatoms. The van der Waals surface area contributed by atoms with E-state index in [0.717, 1.165) is 23.4 Å². The van der Waals surface area contributed by atoms with E-state index in [9.17, 15) is 13.2 Å². The van der Waals surface area contributed by atoms with E-state index in [1.807, 2.05) is 75.4 Å². The van der Waals surface area contributed by atoms with Crippen LogP contribution in [-0.4, -0.2) is 5.84 Å². The maximum Gasteiger partial charge on any atom is 0.416 e. The fraction of sp³-hybridized carbons (Fsp3) is 0.240. The molecule has 4 nitrogen and oxygen atoms in total. The van der Waals surface area contributed by atoms with Crippen molar-refractivity contribution in [1.82, 2.24) is 5.48 Å². The average Bonchev–Trinajstić information content (AvgIpc) is 2.77. The van der Waals surface area contributed by atoms with E-state index in [-0.39, 0.29) is 22.7 Å². The van der Waals surface area contributed by atoms with E-state index in [4.69, 9.17) is 21.2 Å². The van der Waals surface area contributed by atoms with Gasteiger partial charge in [0, 0.05) is 5.92 Å². The first-order valence-corrected chi connectivity index (χ1v) is 10.7. The van der Waals surface area contributed by atoms with Gasteiger partial charge in [-0.2, -0.15) is 13.2 Å². The van der Waals surface area contributed by atoms with E-state index in [2.05, 4.69) is 10.5 Å². The molecule has 0 radical (unpaired) electrons. The van der Waals surface area contributed by atoms with Crippen LogP contribution in [0.1, 0.15) is 38.0 Å². The number of aliphatic imine (C=N–C) groups is 1. The molecule has 0 aliphatic heterocycles. The van der Waals surface area contributed by atoms with Gasteiger partial charge in [0.15, 0.2) is 0 Å². The zero-order chi connectivity index (χ0) is 24.0. The first-order valence-electron chi connectivity index (χ1n) is 10.3. The van der Waals surface area contributed by atoms with Gasteiger partial charge in [0.1, 0.15) is 23.4 Å². The third-order valence-corrected chi connectivity index (χ3v) is 5.01. The Morgan fingerprint density at radius 2 is 1.61 bits per heavy atom. The number of benzene rings is 3. The highest BCUT2D eigenvalue weighted by Crippen LogP contribution is 2.35. The first kappa shape index (κ1) is 24.6. The Bertz CT molecular complexity index is 1100. The summed E-state index contributed by atoms with van der Waals surface area (Å²) in [5.74, 6) is 1.73. The lowest BCUT2D eigenvalue weighted by Gasteiger charge is -2.19. The highest BCUT2D eigenvalue weighted by atomic mass is 35.5. The number of rotatable bonds is 7. The molecule has 0 aromatic heterocycles. The molecule has 1 N–H and O–H groups in total. The number of nitrogens with zero attached hydrogens (tertiary/aromatic N) is 1. The molecular weight excluding hydrogens is 453 g/mol. The van der Waals surface area contributed by atoms with Crippen molar-refractivity contribution in [2.75, 3.05) is 0 Å². The highest BCUT2D eigenvalue weighted by Gasteiger charge is 2.31. The summed E-state index contributed by atoms with van der Waals surface area (Å²) in [6, 6.07) is 20.0. The molecule has 174 valence electrons. The molecule has 3 rings (SSSR count). The number of hydrogen-bond acceptors (Lipinski definition) is 3. The maximum absolute atomic E-state index is 12.9. The van der Waals surface area contributed by atoms with Crippen LogP contribution < -0.4 is 10.2 Å². The number of para-hydroxylation sites is 1. The van der Waals surface area contributed by atoms with Crippen LogP contribution in [0.25, 0.3) is 0 Å². The Kier molecular flexibility index (Phi) is 8.00. The first-order chi connectivity index (χ1) is 15.6. The molecular formula is C25H24ClF3N2O2. The van der Waals surface area contributed by atoms with Gasteiger partial charge in [-0.15, -0.1) is 0 Å². The predicted molar refractivity (Wildman–Crippen MR) is 124 cm³/mol. The molecule has 0 bridgehead atoms. The quantitative estimate of drug-likeness (QED) is 0.213. The molecule has 0 spiro atoms. The molecule has 0 saturated carbocycles. The van der Waals surface area contributed by atoms with Crippen LogP contribution in [-0.2, 0) is 11.0 Å². The van der Waals surface area contributed by atoms with Gasteiger partial charge >= 0.3 is 6.18 Å². The Hall–Kier alpha value is -3.03. The second-order valence-electron chi connectivity index (χ2n) is 7.67. The van der Waals surface area contributed by atoms with E-state index in [1.54, 1.807) is 0 Å². The third-order valence-electron chi connectivity index (χ3n) is 4.71. The molecule has 33 heavy (non-hydrogen) atoms. The zero-order valence-corrected chi connectivity index (χ0v) is 19.1. The Balaban J connectivity index is 1.71. The van der Waals surface area contributed by atoms with E-state index >= 15 is 0 Å². The Morgan fingerprint density at radius 1 is 0.909 bits per heavy atom. The summed E-state index contributed by atoms with van der Waals surface area (Å²) in [6.07, 6.45) is -4.83. The van der Waals surface area contributed by atoms with E-state index in [0.29, 0.717) is 11.6 Å². The van der Waals surface area contributed by atoms with Crippen LogP contribution in [0.5, 0.6) is 11.5 Å². The van der Waals surface area contributed by atoms with E-state index < -0.39 is 11.7 Å². The molecule has 3 aromatic carbocycles. The number of ether oxygens (including phenoxy) is 1. The predicted octanol–water partition coefficient (Wildman–Crippen LogP) is 8.12. The average molecular weight is 477 g/mol. The summed E-state index contributed by atoms with van der Waals surface area (Å²) >= 11 is 6.04. The lowest BCUT2D eigenvalue weighted by Crippen LogP contribution is -2.29. The minimum absolute atomic E-state index is 0.0939. The smallest absolute Gasteiger partial charge is 0.416 e. The van der Waals surface area contributed by atoms with Crippen LogP contribution in [0, 0.1) is 5.92 Å². The van der Waals surface area contributed by atoms with Crippen molar-refractivity contribution < 1.29 is 22.7 Å². The fourth-order valence-corrected chi connectivity index (χ4v) is 3.07. The monoisotopic (exact) mass is 476 g/mol. The van der Waals surface area contributed by atoms with Gasteiger partial charge in [-0.3, -0.25) is 10.3 Å². The molecule has 0 amide bonds. The van der Waals surface area contributed by atoms with Crippen molar-refractivity contribution in [3.8, 4) is 11.5 Å². The molecule has 0 saturated heterocycles. The van der Waals surface area contributed by atoms with Gasteiger partial charge in [0.2, 0.25) is 0 Å². The molecule has 3 aromatic rings. The summed E-state index contributed by atoms with van der Waals surface area (Å²) in [5.41, 5.74) is 3.09. The van der Waals surface area contributed by atoms with Crippen molar-refractivity contribution in [3.05, 3.63) is 88.9 Å². The molecule has 0 heterocycles. The number of hydrogen-bond donors (Lipinski definition) is 1. The minimum Gasteiger partial charge on any atom is -0.457 e. The van der Waals surface area contributed by atoms with Crippen LogP contribution in [0.4, 0.5) is 18.9 Å². The Morgan fingerprint density at radius 3 is 2.24 bits per heavy atom. The molecule has 1 atom stereocenters. The fourth-order valence-electron chi connectivity index (χ4n) is 2.85. The summed E-state index contributed by atoms with van der Waals surface area (Å²) in [4.78, 5) is 10.2. The highest BCUT2D eigenvalue weighted by molar-refractivity contribution is 6.33. The van der Waals surface area contributed by atoms with Gasteiger partial charge in [-0.1, -0.05) is 55.8 Å². The maximum atomic E-state index is 12.9. The summed E-state index contributed by atoms with van der Waals surface area (Å²) in [6.45, 7) is 5.62. The topological polar surface area (TPSA) is 42.9 Å². The zero-order valence-electron chi connectivity index (χ0n) is 18.4. The lowest BCUT2D eigenvalue weighted by molar-refractivity contribution is -0.137. The largest absolute Gasteiger partial charge is 0.457 e. The van der Waals surface area contributed by atoms with Crippen molar-refractivity contribution in [3.63, 3.8) is 0 Å². The van der Waals surface area contributed by atoms with Crippen LogP contribution in [0.3, 0.4) is 0 Å². The van der Waals surface area contributed by atoms with Crippen LogP contribution in [0.15, 0.2) is 77.8 Å². The van der Waals surface area contributed by atoms with Gasteiger partial charge in [0.25, 0.3) is 0 Å². The van der Waals surface area contributed by atoms with Crippen molar-refractivity contribution in [2.24, 2.45) is 10.9 Å². The van der Waals surface area contributed by atoms with Crippen molar-refractivity contribution in [2.45, 2.75) is 33.1 Å². The normalized spacial score (nSPS) is 13.2. The lowest BCUT2D eigenvalue weighted by atomic mass is 10.1. The summed E-state index contributed by atoms with van der Waals surface area (Å²) in [7, 11) is 0. The Labute approximate surface area is 196 Å². The molecule has 0 fully saturated rings. The number of alkyl halides is 3. The minimum atomic E-state index is -4.47. The molecule has 0 aliphatic carbocycles. The number of hydroxylamine groups is 1. The SMILES string of the molecule is CC(C)C(=Nc1ccc(C(F)(F)F)cc1Cl)NOC(C)c1cccc(Oc2ccccc2)c1. The molecule has 0 aliphatic rings. The number of halogens is 4. The van der Waals surface area contributed by atoms with Crippen LogP contribution in [0.2, 0.25) is 5.02 Å². The standard InChI is InChI=1S/C25H24ClF3N2O2/c1-16(2)24(30-23-13-12-19(15-22(23)26)25(27,28)29)31-33-17(3)18-8-7-11-21(14-18)32-20-9-5-4-6-10-20/h4-17H,1-3H3,(H,30,31). The van der Waals surface area contributed by atoms with Crippen LogP contribution >= 0.6 is 11.6 Å². The molecule has 1 unspecified atom stereocenters. The number of nitrogens with one attached hydrogen (secondary N) is 1. The van der Waals surface area contributed by atoms with Gasteiger partial charge in [0.05, 0.1) is 16.3 Å². The van der Waals surface area contributed by atoms with Gasteiger partial charge in [-0.25, -0.2) is 4.99 Å². The van der Waals surface area contributed by atoms with Crippen molar-refractivity contribution in [1.29, 1.82) is 0 Å². The second kappa shape index (κ2) is 10.7. The number of amidine groups is 1. The summed E-state index contributed by atoms with van der Waals surface area (Å²) < 4.78 is 44.5.